The maximum Gasteiger partial charge on any atom is 0.351 e. The highest BCUT2D eigenvalue weighted by atomic mass is 31.2. The molecule has 2 aromatic rings. The molecule has 1 aliphatic heterocycles. The zero-order chi connectivity index (χ0) is 24.6. The maximum absolute atomic E-state index is 11.5. The number of nitrogens with zero attached hydrogens (tertiary/aromatic N) is 4. The Morgan fingerprint density at radius 3 is 2.27 bits per heavy atom. The Morgan fingerprint density at radius 2 is 1.76 bits per heavy atom. The Morgan fingerprint density at radius 1 is 1.12 bits per heavy atom. The van der Waals surface area contributed by atoms with Gasteiger partial charge in [-0.3, -0.25) is 13.7 Å². The summed E-state index contributed by atoms with van der Waals surface area (Å²) in [6, 6.07) is 2.94. The number of aromatic nitrogens is 4. The van der Waals surface area contributed by atoms with E-state index in [1.165, 1.54) is 16.8 Å². The lowest BCUT2D eigenvalue weighted by molar-refractivity contribution is -0.0245. The molecule has 2 aromatic heterocycles. The summed E-state index contributed by atoms with van der Waals surface area (Å²) in [6.45, 7) is -0.590. The molecule has 1 saturated heterocycles. The molecule has 0 saturated carbocycles. The molecular weight excluding hydrogens is 463 g/mol. The van der Waals surface area contributed by atoms with Gasteiger partial charge in [-0.05, 0) is 25.0 Å². The van der Waals surface area contributed by atoms with Crippen LogP contribution in [0.5, 0.6) is 0 Å². The molecule has 184 valence electrons. The highest BCUT2D eigenvalue weighted by molar-refractivity contribution is 7.51. The molecule has 0 spiro atoms. The fraction of sp³-hybridized carbons (Fsp3) is 0.529. The number of rotatable bonds is 8. The predicted octanol–water partition coefficient (Wildman–Crippen LogP) is -2.17. The Bertz CT molecular complexity index is 1070. The fourth-order valence-electron chi connectivity index (χ4n) is 2.84. The van der Waals surface area contributed by atoms with Crippen LogP contribution in [-0.4, -0.2) is 70.9 Å². The van der Waals surface area contributed by atoms with Gasteiger partial charge in [0.1, 0.15) is 24.2 Å². The second kappa shape index (κ2) is 12.0. The number of nitrogen functional groups attached to an aromatic ring is 2. The van der Waals surface area contributed by atoms with E-state index in [-0.39, 0.29) is 37.1 Å². The van der Waals surface area contributed by atoms with Crippen molar-refractivity contribution >= 4 is 19.2 Å². The van der Waals surface area contributed by atoms with E-state index >= 15 is 0 Å². The molecule has 0 aromatic carbocycles. The van der Waals surface area contributed by atoms with Crippen molar-refractivity contribution in [3.8, 4) is 0 Å². The van der Waals surface area contributed by atoms with E-state index < -0.39 is 38.0 Å². The summed E-state index contributed by atoms with van der Waals surface area (Å²) in [4.78, 5) is 47.2. The fourth-order valence-corrected chi connectivity index (χ4v) is 3.24. The zero-order valence-corrected chi connectivity index (χ0v) is 18.4. The zero-order valence-electron chi connectivity index (χ0n) is 17.5. The topological polar surface area (TPSA) is 238 Å². The third-order valence-electron chi connectivity index (χ3n) is 4.43. The van der Waals surface area contributed by atoms with Gasteiger partial charge in [-0.15, -0.1) is 0 Å². The molecule has 0 aliphatic carbocycles. The van der Waals surface area contributed by atoms with Crippen LogP contribution in [0.3, 0.4) is 0 Å². The summed E-state index contributed by atoms with van der Waals surface area (Å²) >= 11 is 0. The number of aliphatic hydroxyl groups is 2. The Labute approximate surface area is 187 Å². The molecule has 3 atom stereocenters. The quantitative estimate of drug-likeness (QED) is 0.216. The lowest BCUT2D eigenvalue weighted by Gasteiger charge is -2.16. The van der Waals surface area contributed by atoms with Gasteiger partial charge in [-0.25, -0.2) is 9.59 Å². The molecule has 0 radical (unpaired) electrons. The van der Waals surface area contributed by atoms with Crippen LogP contribution in [0.15, 0.2) is 34.1 Å². The summed E-state index contributed by atoms with van der Waals surface area (Å²) < 4.78 is 23.4. The van der Waals surface area contributed by atoms with E-state index in [0.717, 1.165) is 11.0 Å². The minimum absolute atomic E-state index is 0.0202. The number of hydrogen-bond donors (Lipinski definition) is 6. The van der Waals surface area contributed by atoms with Crippen LogP contribution in [0, 0.1) is 0 Å². The Kier molecular flexibility index (Phi) is 9.67. The number of ether oxygens (including phenoxy) is 2. The van der Waals surface area contributed by atoms with Crippen LogP contribution < -0.4 is 22.8 Å². The molecule has 8 N–H and O–H groups in total. The van der Waals surface area contributed by atoms with Gasteiger partial charge in [0.05, 0.1) is 32.0 Å². The van der Waals surface area contributed by atoms with Gasteiger partial charge in [-0.1, -0.05) is 0 Å². The highest BCUT2D eigenvalue weighted by Crippen LogP contribution is 2.34. The number of nitrogens with two attached hydrogens (primary N) is 2. The van der Waals surface area contributed by atoms with E-state index in [1.54, 1.807) is 12.3 Å². The van der Waals surface area contributed by atoms with Crippen molar-refractivity contribution in [1.29, 1.82) is 0 Å². The molecule has 16 heteroatoms. The minimum Gasteiger partial charge on any atom is -0.394 e. The van der Waals surface area contributed by atoms with Gasteiger partial charge in [0.2, 0.25) is 0 Å². The van der Waals surface area contributed by atoms with Crippen molar-refractivity contribution in [2.24, 2.45) is 0 Å². The van der Waals surface area contributed by atoms with Crippen molar-refractivity contribution < 1.29 is 34.0 Å². The second-order valence-electron chi connectivity index (χ2n) is 7.07. The summed E-state index contributed by atoms with van der Waals surface area (Å²) in [5.41, 5.74) is 9.62. The number of aliphatic hydroxyl groups excluding tert-OH is 2. The molecule has 1 fully saturated rings. The average Bonchev–Trinajstić information content (AvgIpc) is 3.21. The van der Waals surface area contributed by atoms with Crippen LogP contribution in [0.2, 0.25) is 0 Å². The molecule has 0 amide bonds. The highest BCUT2D eigenvalue weighted by Gasteiger charge is 2.26. The van der Waals surface area contributed by atoms with Crippen molar-refractivity contribution in [2.45, 2.75) is 37.8 Å². The first-order valence-corrected chi connectivity index (χ1v) is 11.5. The standard InChI is InChI=1S/C9H13N3O3.C8H14N3O6P/c10-7-3-4-12(9(14)11-7)8-2-1-6(5-13)15-8;9-7-1-2-11(8(13)10-7)3-6(4-12)17-5-18(14,15)16/h3-4,6,8,13H,1-2,5H2,(H2,10,11,14);1-2,6,12H,3-5H2,(H2,9,10,13)(H2,14,15,16)/t6-,8+;/m0./s1. The molecule has 3 heterocycles. The molecule has 1 aliphatic rings. The molecule has 15 nitrogen and oxygen atoms in total. The van der Waals surface area contributed by atoms with Crippen molar-refractivity contribution in [2.75, 3.05) is 31.0 Å². The second-order valence-corrected chi connectivity index (χ2v) is 8.65. The summed E-state index contributed by atoms with van der Waals surface area (Å²) in [5, 5.41) is 17.9. The van der Waals surface area contributed by atoms with Gasteiger partial charge in [0.15, 0.2) is 0 Å². The summed E-state index contributed by atoms with van der Waals surface area (Å²) in [6.07, 6.45) is 2.12. The first-order chi connectivity index (χ1) is 15.5. The third kappa shape index (κ3) is 8.66. The largest absolute Gasteiger partial charge is 0.394 e. The van der Waals surface area contributed by atoms with E-state index in [0.29, 0.717) is 6.42 Å². The van der Waals surface area contributed by atoms with E-state index in [4.69, 9.17) is 40.9 Å². The summed E-state index contributed by atoms with van der Waals surface area (Å²) in [5.74, 6) is 0.265. The van der Waals surface area contributed by atoms with E-state index in [2.05, 4.69) is 9.97 Å². The van der Waals surface area contributed by atoms with E-state index in [9.17, 15) is 14.2 Å². The van der Waals surface area contributed by atoms with Crippen LogP contribution in [0.4, 0.5) is 11.6 Å². The van der Waals surface area contributed by atoms with Crippen LogP contribution in [0.1, 0.15) is 19.1 Å². The Hall–Kier alpha value is -2.65. The lowest BCUT2D eigenvalue weighted by atomic mass is 10.2. The first kappa shape index (κ1) is 26.6. The average molecular weight is 490 g/mol. The SMILES string of the molecule is Nc1ccn(CC(CO)OCP(=O)(O)O)c(=O)n1.Nc1ccn([C@H]2CC[C@@H](CO)O2)c(=O)n1. The van der Waals surface area contributed by atoms with Gasteiger partial charge in [0.25, 0.3) is 0 Å². The minimum atomic E-state index is -4.31. The summed E-state index contributed by atoms with van der Waals surface area (Å²) in [7, 11) is -4.31. The smallest absolute Gasteiger partial charge is 0.351 e. The molecule has 33 heavy (non-hydrogen) atoms. The van der Waals surface area contributed by atoms with Crippen LogP contribution >= 0.6 is 7.60 Å². The normalized spacial score (nSPS) is 19.0. The maximum atomic E-state index is 11.5. The van der Waals surface area contributed by atoms with Crippen LogP contribution in [-0.2, 0) is 20.6 Å². The van der Waals surface area contributed by atoms with Crippen molar-refractivity contribution in [1.82, 2.24) is 19.1 Å². The van der Waals surface area contributed by atoms with Gasteiger partial charge in [0, 0.05) is 12.4 Å². The van der Waals surface area contributed by atoms with E-state index in [1.807, 2.05) is 0 Å². The molecular formula is C17H27N6O9P. The number of anilines is 2. The third-order valence-corrected chi connectivity index (χ3v) is 4.91. The molecule has 1 unspecified atom stereocenters. The molecule has 0 bridgehead atoms. The monoisotopic (exact) mass is 490 g/mol. The van der Waals surface area contributed by atoms with Gasteiger partial charge < -0.3 is 40.9 Å². The van der Waals surface area contributed by atoms with Crippen molar-refractivity contribution in [3.63, 3.8) is 0 Å². The molecule has 3 rings (SSSR count). The first-order valence-electron chi connectivity index (χ1n) is 9.73. The number of hydrogen-bond acceptors (Lipinski definition) is 11. The lowest BCUT2D eigenvalue weighted by Crippen LogP contribution is -2.32. The predicted molar refractivity (Wildman–Crippen MR) is 115 cm³/mol. The van der Waals surface area contributed by atoms with Gasteiger partial charge in [-0.2, -0.15) is 9.97 Å². The Balaban J connectivity index is 0.000000237. The van der Waals surface area contributed by atoms with Gasteiger partial charge >= 0.3 is 19.0 Å². The van der Waals surface area contributed by atoms with Crippen molar-refractivity contribution in [3.05, 3.63) is 45.5 Å². The van der Waals surface area contributed by atoms with Crippen LogP contribution in [0.25, 0.3) is 0 Å².